The Kier molecular flexibility index (Phi) is 14.1. The molecule has 0 saturated carbocycles. The van der Waals surface area contributed by atoms with E-state index in [1.807, 2.05) is 0 Å². The number of carboxylic acids is 1. The van der Waals surface area contributed by atoms with Crippen molar-refractivity contribution in [3.05, 3.63) is 0 Å². The second-order valence-electron chi connectivity index (χ2n) is 1.99. The van der Waals surface area contributed by atoms with E-state index in [-0.39, 0.29) is 64.6 Å². The number of nitrogens with two attached hydrogens (primary N) is 1. The van der Waals surface area contributed by atoms with Crippen molar-refractivity contribution in [1.29, 1.82) is 0 Å². The van der Waals surface area contributed by atoms with Gasteiger partial charge in [-0.05, 0) is 19.4 Å². The Morgan fingerprint density at radius 3 is 2.30 bits per heavy atom. The summed E-state index contributed by atoms with van der Waals surface area (Å²) in [6.45, 7) is 0.666. The molecule has 0 spiro atoms. The van der Waals surface area contributed by atoms with E-state index in [0.717, 1.165) is 19.3 Å². The van der Waals surface area contributed by atoms with Crippen LogP contribution in [0.1, 0.15) is 25.7 Å². The Bertz CT molecular complexity index is 87.8. The fourth-order valence-electron chi connectivity index (χ4n) is 0.597. The predicted molar refractivity (Wildman–Crippen MR) is 42.3 cm³/mol. The Morgan fingerprint density at radius 2 is 1.90 bits per heavy atom. The molecule has 10 heavy (non-hydrogen) atoms. The van der Waals surface area contributed by atoms with Crippen LogP contribution in [0.15, 0.2) is 0 Å². The van der Waals surface area contributed by atoms with Crippen LogP contribution in [0, 0.1) is 0 Å². The summed E-state index contributed by atoms with van der Waals surface area (Å²) in [5.41, 5.74) is 5.20. The molecule has 0 unspecified atom stereocenters. The van der Waals surface area contributed by atoms with E-state index in [0.29, 0.717) is 6.54 Å². The van der Waals surface area contributed by atoms with Gasteiger partial charge in [0.2, 0.25) is 0 Å². The molecule has 4 heteroatoms. The summed E-state index contributed by atoms with van der Waals surface area (Å²) in [6, 6.07) is 0. The van der Waals surface area contributed by atoms with E-state index in [1.54, 1.807) is 0 Å². The van der Waals surface area contributed by atoms with Crippen molar-refractivity contribution in [2.24, 2.45) is 5.73 Å². The van der Waals surface area contributed by atoms with Gasteiger partial charge in [0, 0.05) is 6.42 Å². The number of aliphatic carboxylic acids is 1. The van der Waals surface area contributed by atoms with E-state index in [9.17, 15) is 4.79 Å². The molecule has 0 bridgehead atoms. The van der Waals surface area contributed by atoms with E-state index in [2.05, 4.69) is 0 Å². The SMILES string of the molecule is NCCCCCC(=O)O.[RbH]. The summed E-state index contributed by atoms with van der Waals surface area (Å²) in [4.78, 5) is 9.93. The van der Waals surface area contributed by atoms with Crippen LogP contribution in [0.3, 0.4) is 0 Å². The van der Waals surface area contributed by atoms with Crippen LogP contribution in [-0.2, 0) is 4.79 Å². The number of carboxylic acid groups (broad SMARTS) is 1. The monoisotopic (exact) mass is 217 g/mol. The molecule has 0 amide bonds. The molecule has 0 radical (unpaired) electrons. The number of unbranched alkanes of at least 4 members (excludes halogenated alkanes) is 2. The zero-order valence-electron chi connectivity index (χ0n) is 5.47. The fourth-order valence-corrected chi connectivity index (χ4v) is 0.597. The molecule has 56 valence electrons. The molecular formula is C6H14NO2Rb. The summed E-state index contributed by atoms with van der Waals surface area (Å²) in [5.74, 6) is -0.716. The predicted octanol–water partition coefficient (Wildman–Crippen LogP) is -0.0584. The number of rotatable bonds is 5. The maximum atomic E-state index is 9.93. The third-order valence-electron chi connectivity index (χ3n) is 1.09. The van der Waals surface area contributed by atoms with E-state index >= 15 is 0 Å². The summed E-state index contributed by atoms with van der Waals surface area (Å²) < 4.78 is 0. The first-order valence-corrected chi connectivity index (χ1v) is 3.19. The molecule has 0 atom stereocenters. The normalized spacial score (nSPS) is 8.50. The molecule has 0 rings (SSSR count). The van der Waals surface area contributed by atoms with Gasteiger partial charge in [0.1, 0.15) is 0 Å². The van der Waals surface area contributed by atoms with Crippen LogP contribution < -0.4 is 5.73 Å². The Morgan fingerprint density at radius 1 is 1.30 bits per heavy atom. The molecule has 0 aromatic carbocycles. The van der Waals surface area contributed by atoms with E-state index < -0.39 is 5.97 Å². The van der Waals surface area contributed by atoms with Crippen molar-refractivity contribution < 1.29 is 9.90 Å². The van der Waals surface area contributed by atoms with Crippen molar-refractivity contribution in [1.82, 2.24) is 0 Å². The number of carbonyl (C=O) groups is 1. The first-order chi connectivity index (χ1) is 4.27. The summed E-state index contributed by atoms with van der Waals surface area (Å²) >= 11 is 0. The number of hydrogen-bond donors (Lipinski definition) is 2. The molecule has 0 saturated heterocycles. The molecule has 0 aromatic heterocycles. The fraction of sp³-hybridized carbons (Fsp3) is 0.833. The van der Waals surface area contributed by atoms with Gasteiger partial charge >= 0.3 is 64.2 Å². The average molecular weight is 218 g/mol. The Labute approximate surface area is 110 Å². The molecule has 0 aromatic rings. The Hall–Kier alpha value is 1.24. The molecule has 0 aliphatic carbocycles. The van der Waals surface area contributed by atoms with Gasteiger partial charge in [0.15, 0.2) is 0 Å². The third kappa shape index (κ3) is 12.0. The van der Waals surface area contributed by atoms with Gasteiger partial charge in [-0.3, -0.25) is 4.79 Å². The summed E-state index contributed by atoms with van der Waals surface area (Å²) in [6.07, 6.45) is 2.91. The average Bonchev–Trinajstić information content (AvgIpc) is 1.80. The summed E-state index contributed by atoms with van der Waals surface area (Å²) in [5, 5.41) is 8.18. The molecule has 0 aliphatic heterocycles. The second kappa shape index (κ2) is 10.2. The molecule has 0 heterocycles. The van der Waals surface area contributed by atoms with E-state index in [1.165, 1.54) is 0 Å². The van der Waals surface area contributed by atoms with Crippen LogP contribution >= 0.6 is 0 Å². The van der Waals surface area contributed by atoms with Crippen LogP contribution in [0.4, 0.5) is 0 Å². The van der Waals surface area contributed by atoms with Gasteiger partial charge < -0.3 is 10.8 Å². The zero-order chi connectivity index (χ0) is 7.11. The van der Waals surface area contributed by atoms with Crippen LogP contribution in [0.5, 0.6) is 0 Å². The van der Waals surface area contributed by atoms with Gasteiger partial charge in [-0.1, -0.05) is 6.42 Å². The van der Waals surface area contributed by atoms with Gasteiger partial charge in [-0.25, -0.2) is 0 Å². The molecule has 0 fully saturated rings. The van der Waals surface area contributed by atoms with Gasteiger partial charge in [-0.15, -0.1) is 0 Å². The first kappa shape index (κ1) is 13.8. The van der Waals surface area contributed by atoms with Crippen LogP contribution in [-0.4, -0.2) is 75.8 Å². The minimum atomic E-state index is -0.716. The van der Waals surface area contributed by atoms with Gasteiger partial charge in [0.25, 0.3) is 0 Å². The number of hydrogen-bond acceptors (Lipinski definition) is 2. The maximum absolute atomic E-state index is 9.93. The molecular weight excluding hydrogens is 204 g/mol. The molecule has 0 aliphatic rings. The standard InChI is InChI=1S/C6H13NO2.Rb.H/c7-5-3-1-2-4-6(8)9;;/h1-5,7H2,(H,8,9);;. The van der Waals surface area contributed by atoms with Crippen molar-refractivity contribution in [3.8, 4) is 0 Å². The van der Waals surface area contributed by atoms with Crippen LogP contribution in [0.25, 0.3) is 0 Å². The second-order valence-corrected chi connectivity index (χ2v) is 1.99. The first-order valence-electron chi connectivity index (χ1n) is 3.19. The van der Waals surface area contributed by atoms with E-state index in [4.69, 9.17) is 10.8 Å². The van der Waals surface area contributed by atoms with Crippen LogP contribution in [0.2, 0.25) is 0 Å². The van der Waals surface area contributed by atoms with Crippen molar-refractivity contribution >= 4 is 64.2 Å². The molecule has 3 nitrogen and oxygen atoms in total. The quantitative estimate of drug-likeness (QED) is 0.635. The van der Waals surface area contributed by atoms with Gasteiger partial charge in [-0.2, -0.15) is 0 Å². The van der Waals surface area contributed by atoms with Gasteiger partial charge in [0.05, 0.1) is 0 Å². The zero-order valence-corrected chi connectivity index (χ0v) is 5.47. The van der Waals surface area contributed by atoms with Crippen molar-refractivity contribution in [3.63, 3.8) is 0 Å². The molecule has 3 N–H and O–H groups in total. The topological polar surface area (TPSA) is 63.3 Å². The van der Waals surface area contributed by atoms with Crippen molar-refractivity contribution in [2.45, 2.75) is 25.7 Å². The third-order valence-corrected chi connectivity index (χ3v) is 1.09. The summed E-state index contributed by atoms with van der Waals surface area (Å²) in [7, 11) is 0. The Balaban J connectivity index is 0. The minimum absolute atomic E-state index is 0. The van der Waals surface area contributed by atoms with Crippen molar-refractivity contribution in [2.75, 3.05) is 6.54 Å².